The quantitative estimate of drug-likeness (QED) is 0.859. The number of pyridine rings is 1. The number of aliphatic hydroxyl groups is 1. The number of amides is 1. The Bertz CT molecular complexity index is 631. The normalized spacial score (nSPS) is 12.3. The number of carbonyl (C=O) groups is 1. The Balaban J connectivity index is 2.10. The largest absolute Gasteiger partial charge is 0.383 e. The van der Waals surface area contributed by atoms with Crippen LogP contribution in [-0.4, -0.2) is 34.1 Å². The molecule has 0 bridgehead atoms. The zero-order valence-electron chi connectivity index (χ0n) is 12.3. The summed E-state index contributed by atoms with van der Waals surface area (Å²) in [6, 6.07) is 7.87. The van der Waals surface area contributed by atoms with Crippen molar-refractivity contribution >= 4 is 28.6 Å². The maximum atomic E-state index is 11.9. The minimum atomic E-state index is -0.939. The third-order valence-electron chi connectivity index (χ3n) is 3.47. The maximum absolute atomic E-state index is 11.9. The second kappa shape index (κ2) is 7.43. The highest BCUT2D eigenvalue weighted by Gasteiger charge is 2.15. The van der Waals surface area contributed by atoms with E-state index in [0.29, 0.717) is 13.0 Å². The summed E-state index contributed by atoms with van der Waals surface area (Å²) in [5.74, 6) is 0.454. The van der Waals surface area contributed by atoms with Crippen LogP contribution in [0.3, 0.4) is 0 Å². The molecule has 1 unspecified atom stereocenters. The van der Waals surface area contributed by atoms with Gasteiger partial charge in [0.05, 0.1) is 5.52 Å². The van der Waals surface area contributed by atoms with E-state index in [1.165, 1.54) is 0 Å². The number of thioether (sulfide) groups is 1. The molecular weight excluding hydrogens is 284 g/mol. The third kappa shape index (κ3) is 3.95. The molecule has 4 nitrogen and oxygen atoms in total. The highest BCUT2D eigenvalue weighted by molar-refractivity contribution is 7.98. The van der Waals surface area contributed by atoms with Gasteiger partial charge < -0.3 is 10.4 Å². The Labute approximate surface area is 129 Å². The summed E-state index contributed by atoms with van der Waals surface area (Å²) in [5, 5.41) is 13.6. The molecular formula is C16H20N2O2S. The minimum absolute atomic E-state index is 0.315. The first-order valence-electron chi connectivity index (χ1n) is 6.91. The van der Waals surface area contributed by atoms with Gasteiger partial charge >= 0.3 is 0 Å². The summed E-state index contributed by atoms with van der Waals surface area (Å²) in [6.07, 6.45) is 3.25. The van der Waals surface area contributed by atoms with E-state index in [1.807, 2.05) is 37.4 Å². The first-order valence-corrected chi connectivity index (χ1v) is 8.30. The predicted octanol–water partition coefficient (Wildman–Crippen LogP) is 2.27. The number of aromatic nitrogens is 1. The number of hydrogen-bond acceptors (Lipinski definition) is 4. The number of aliphatic hydroxyl groups excluding tert-OH is 1. The van der Waals surface area contributed by atoms with Crippen LogP contribution in [0.25, 0.3) is 10.9 Å². The van der Waals surface area contributed by atoms with Gasteiger partial charge in [0, 0.05) is 18.1 Å². The molecule has 0 aliphatic rings. The molecule has 1 heterocycles. The summed E-state index contributed by atoms with van der Waals surface area (Å²) in [6.45, 7) is 2.42. The Morgan fingerprint density at radius 3 is 3.00 bits per heavy atom. The summed E-state index contributed by atoms with van der Waals surface area (Å²) >= 11 is 1.62. The van der Waals surface area contributed by atoms with Crippen LogP contribution in [0.2, 0.25) is 0 Å². The van der Waals surface area contributed by atoms with Crippen molar-refractivity contribution in [1.82, 2.24) is 10.3 Å². The van der Waals surface area contributed by atoms with Crippen LogP contribution in [0.1, 0.15) is 17.5 Å². The van der Waals surface area contributed by atoms with Gasteiger partial charge in [-0.25, -0.2) is 0 Å². The third-order valence-corrected chi connectivity index (χ3v) is 4.11. The van der Waals surface area contributed by atoms with E-state index in [-0.39, 0.29) is 5.91 Å². The molecule has 0 radical (unpaired) electrons. The number of aryl methyl sites for hydroxylation is 1. The number of nitrogens with one attached hydrogen (secondary N) is 1. The number of carbonyl (C=O) groups excluding carboxylic acids is 1. The van der Waals surface area contributed by atoms with Crippen LogP contribution in [-0.2, 0) is 11.3 Å². The molecule has 5 heteroatoms. The van der Waals surface area contributed by atoms with E-state index in [9.17, 15) is 9.90 Å². The summed E-state index contributed by atoms with van der Waals surface area (Å²) in [7, 11) is 0. The molecule has 1 aromatic heterocycles. The fraction of sp³-hybridized carbons (Fsp3) is 0.375. The van der Waals surface area contributed by atoms with E-state index < -0.39 is 6.10 Å². The van der Waals surface area contributed by atoms with Crippen molar-refractivity contribution in [2.24, 2.45) is 0 Å². The summed E-state index contributed by atoms with van der Waals surface area (Å²) in [4.78, 5) is 16.2. The monoisotopic (exact) mass is 304 g/mol. The molecule has 0 fully saturated rings. The van der Waals surface area contributed by atoms with Crippen LogP contribution >= 0.6 is 11.8 Å². The highest BCUT2D eigenvalue weighted by atomic mass is 32.2. The number of benzene rings is 1. The van der Waals surface area contributed by atoms with E-state index >= 15 is 0 Å². The molecule has 0 saturated carbocycles. The lowest BCUT2D eigenvalue weighted by molar-refractivity contribution is -0.129. The van der Waals surface area contributed by atoms with Crippen molar-refractivity contribution in [3.8, 4) is 0 Å². The van der Waals surface area contributed by atoms with Gasteiger partial charge in [0.15, 0.2) is 0 Å². The Hall–Kier alpha value is -1.59. The van der Waals surface area contributed by atoms with Crippen LogP contribution in [0.15, 0.2) is 30.5 Å². The fourth-order valence-corrected chi connectivity index (χ4v) is 2.67. The molecule has 1 aromatic carbocycles. The van der Waals surface area contributed by atoms with Crippen molar-refractivity contribution < 1.29 is 9.90 Å². The van der Waals surface area contributed by atoms with Gasteiger partial charge in [-0.1, -0.05) is 12.1 Å². The van der Waals surface area contributed by atoms with Gasteiger partial charge in [0.25, 0.3) is 0 Å². The average Bonchev–Trinajstić information content (AvgIpc) is 2.51. The van der Waals surface area contributed by atoms with Crippen LogP contribution in [0, 0.1) is 6.92 Å². The zero-order chi connectivity index (χ0) is 15.2. The topological polar surface area (TPSA) is 62.2 Å². The van der Waals surface area contributed by atoms with Gasteiger partial charge in [-0.05, 0) is 48.6 Å². The SMILES string of the molecule is CSCCC(O)C(=O)NCc1c(C)ccc2ncccc12. The standard InChI is InChI=1S/C16H20N2O2S/c1-11-5-6-14-12(4-3-8-17-14)13(11)10-18-16(20)15(19)7-9-21-2/h3-6,8,15,19H,7,9-10H2,1-2H3,(H,18,20). The lowest BCUT2D eigenvalue weighted by atomic mass is 10.0. The zero-order valence-corrected chi connectivity index (χ0v) is 13.1. The number of nitrogens with zero attached hydrogens (tertiary/aromatic N) is 1. The molecule has 21 heavy (non-hydrogen) atoms. The maximum Gasteiger partial charge on any atom is 0.249 e. The number of fused-ring (bicyclic) bond motifs is 1. The molecule has 2 rings (SSSR count). The van der Waals surface area contributed by atoms with Gasteiger partial charge in [-0.15, -0.1) is 0 Å². The minimum Gasteiger partial charge on any atom is -0.383 e. The van der Waals surface area contributed by atoms with Crippen molar-refractivity contribution in [3.63, 3.8) is 0 Å². The van der Waals surface area contributed by atoms with E-state index in [0.717, 1.165) is 27.8 Å². The second-order valence-corrected chi connectivity index (χ2v) is 5.93. The molecule has 0 saturated heterocycles. The number of hydrogen-bond donors (Lipinski definition) is 2. The van der Waals surface area contributed by atoms with Crippen LogP contribution in [0.5, 0.6) is 0 Å². The van der Waals surface area contributed by atoms with Crippen molar-refractivity contribution in [1.29, 1.82) is 0 Å². The van der Waals surface area contributed by atoms with Crippen molar-refractivity contribution in [2.45, 2.75) is 26.0 Å². The summed E-state index contributed by atoms with van der Waals surface area (Å²) in [5.41, 5.74) is 3.07. The highest BCUT2D eigenvalue weighted by Crippen LogP contribution is 2.20. The van der Waals surface area contributed by atoms with E-state index in [1.54, 1.807) is 18.0 Å². The lowest BCUT2D eigenvalue weighted by Crippen LogP contribution is -2.34. The summed E-state index contributed by atoms with van der Waals surface area (Å²) < 4.78 is 0. The Morgan fingerprint density at radius 1 is 1.43 bits per heavy atom. The number of rotatable bonds is 6. The lowest BCUT2D eigenvalue weighted by Gasteiger charge is -2.13. The van der Waals surface area contributed by atoms with Gasteiger partial charge in [0.1, 0.15) is 6.10 Å². The first kappa shape index (κ1) is 15.8. The van der Waals surface area contributed by atoms with Crippen LogP contribution < -0.4 is 5.32 Å². The molecule has 0 aliphatic carbocycles. The Morgan fingerprint density at radius 2 is 2.24 bits per heavy atom. The fourth-order valence-electron chi connectivity index (χ4n) is 2.21. The van der Waals surface area contributed by atoms with Crippen molar-refractivity contribution in [3.05, 3.63) is 41.6 Å². The molecule has 1 amide bonds. The van der Waals surface area contributed by atoms with E-state index in [4.69, 9.17) is 0 Å². The molecule has 2 aromatic rings. The Kier molecular flexibility index (Phi) is 5.59. The van der Waals surface area contributed by atoms with E-state index in [2.05, 4.69) is 10.3 Å². The van der Waals surface area contributed by atoms with Gasteiger partial charge in [-0.2, -0.15) is 11.8 Å². The molecule has 112 valence electrons. The van der Waals surface area contributed by atoms with Gasteiger partial charge in [-0.3, -0.25) is 9.78 Å². The molecule has 2 N–H and O–H groups in total. The second-order valence-electron chi connectivity index (χ2n) is 4.95. The first-order chi connectivity index (χ1) is 10.1. The molecule has 0 aliphatic heterocycles. The predicted molar refractivity (Wildman–Crippen MR) is 87.3 cm³/mol. The molecule has 1 atom stereocenters. The van der Waals surface area contributed by atoms with Gasteiger partial charge in [0.2, 0.25) is 5.91 Å². The smallest absolute Gasteiger partial charge is 0.249 e. The van der Waals surface area contributed by atoms with Crippen molar-refractivity contribution in [2.75, 3.05) is 12.0 Å². The molecule has 0 spiro atoms. The van der Waals surface area contributed by atoms with Crippen LogP contribution in [0.4, 0.5) is 0 Å². The average molecular weight is 304 g/mol.